The van der Waals surface area contributed by atoms with Crippen molar-refractivity contribution >= 4 is 6.08 Å². The highest BCUT2D eigenvalue weighted by molar-refractivity contribution is 5.70. The van der Waals surface area contributed by atoms with E-state index in [9.17, 15) is 0 Å². The van der Waals surface area contributed by atoms with Gasteiger partial charge in [0.15, 0.2) is 0 Å². The lowest BCUT2D eigenvalue weighted by atomic mass is 10.1. The summed E-state index contributed by atoms with van der Waals surface area (Å²) in [5.74, 6) is 2.50. The third-order valence-electron chi connectivity index (χ3n) is 3.48. The molecule has 2 nitrogen and oxygen atoms in total. The van der Waals surface area contributed by atoms with Gasteiger partial charge < -0.3 is 9.15 Å². The maximum Gasteiger partial charge on any atom is 0.138 e. The van der Waals surface area contributed by atoms with Gasteiger partial charge in [0.2, 0.25) is 0 Å². The highest BCUT2D eigenvalue weighted by atomic mass is 16.5. The highest BCUT2D eigenvalue weighted by Gasteiger charge is 2.11. The van der Waals surface area contributed by atoms with Gasteiger partial charge in [-0.05, 0) is 42.3 Å². The summed E-state index contributed by atoms with van der Waals surface area (Å²) < 4.78 is 11.7. The maximum atomic E-state index is 5.99. The number of furan rings is 1. The lowest BCUT2D eigenvalue weighted by Crippen LogP contribution is -1.97. The average Bonchev–Trinajstić information content (AvgIpc) is 3.00. The maximum absolute atomic E-state index is 5.99. The predicted octanol–water partition coefficient (Wildman–Crippen LogP) is 5.48. The van der Waals surface area contributed by atoms with Gasteiger partial charge in [-0.3, -0.25) is 0 Å². The van der Waals surface area contributed by atoms with Gasteiger partial charge in [0.25, 0.3) is 0 Å². The van der Waals surface area contributed by atoms with Crippen LogP contribution in [-0.2, 0) is 6.61 Å². The predicted molar refractivity (Wildman–Crippen MR) is 89.7 cm³/mol. The van der Waals surface area contributed by atoms with Gasteiger partial charge in [-0.25, -0.2) is 0 Å². The molecule has 1 heterocycles. The molecule has 110 valence electrons. The Labute approximate surface area is 130 Å². The van der Waals surface area contributed by atoms with Gasteiger partial charge >= 0.3 is 0 Å². The number of hydrogen-bond donors (Lipinski definition) is 0. The highest BCUT2D eigenvalue weighted by Crippen LogP contribution is 2.33. The van der Waals surface area contributed by atoms with Crippen LogP contribution in [0, 0.1) is 6.92 Å². The monoisotopic (exact) mass is 290 g/mol. The largest absolute Gasteiger partial charge is 0.488 e. The van der Waals surface area contributed by atoms with E-state index in [0.717, 1.165) is 34.0 Å². The Morgan fingerprint density at radius 1 is 1.05 bits per heavy atom. The van der Waals surface area contributed by atoms with E-state index in [0.29, 0.717) is 6.61 Å². The molecule has 0 spiro atoms. The number of rotatable bonds is 5. The third-order valence-corrected chi connectivity index (χ3v) is 3.48. The lowest BCUT2D eigenvalue weighted by molar-refractivity contribution is 0.306. The van der Waals surface area contributed by atoms with Crippen molar-refractivity contribution in [2.24, 2.45) is 0 Å². The Morgan fingerprint density at radius 2 is 1.86 bits per heavy atom. The number of benzene rings is 2. The smallest absolute Gasteiger partial charge is 0.138 e. The molecule has 2 aromatic carbocycles. The van der Waals surface area contributed by atoms with Gasteiger partial charge in [-0.1, -0.05) is 49.1 Å². The Hall–Kier alpha value is -2.74. The average molecular weight is 290 g/mol. The van der Waals surface area contributed by atoms with Crippen LogP contribution >= 0.6 is 0 Å². The molecule has 1 aromatic heterocycles. The molecular formula is C20H18O2. The zero-order valence-corrected chi connectivity index (χ0v) is 12.6. The van der Waals surface area contributed by atoms with Crippen molar-refractivity contribution in [2.75, 3.05) is 0 Å². The first-order valence-electron chi connectivity index (χ1n) is 7.26. The van der Waals surface area contributed by atoms with Crippen molar-refractivity contribution in [3.8, 4) is 17.1 Å². The molecule has 0 bridgehead atoms. The van der Waals surface area contributed by atoms with E-state index >= 15 is 0 Å². The second kappa shape index (κ2) is 6.35. The molecule has 0 aliphatic rings. The molecule has 0 saturated heterocycles. The van der Waals surface area contributed by atoms with Crippen molar-refractivity contribution in [2.45, 2.75) is 13.5 Å². The first-order chi connectivity index (χ1) is 10.8. The van der Waals surface area contributed by atoms with E-state index in [-0.39, 0.29) is 0 Å². The van der Waals surface area contributed by atoms with Crippen LogP contribution in [0.2, 0.25) is 0 Å². The zero-order valence-electron chi connectivity index (χ0n) is 12.6. The van der Waals surface area contributed by atoms with Crippen LogP contribution in [0.4, 0.5) is 0 Å². The molecule has 0 aliphatic heterocycles. The van der Waals surface area contributed by atoms with E-state index in [1.165, 1.54) is 0 Å². The molecule has 0 N–H and O–H groups in total. The molecule has 22 heavy (non-hydrogen) atoms. The van der Waals surface area contributed by atoms with Crippen molar-refractivity contribution in [3.05, 3.63) is 84.1 Å². The molecule has 0 saturated carbocycles. The number of aryl methyl sites for hydroxylation is 1. The quantitative estimate of drug-likeness (QED) is 0.621. The van der Waals surface area contributed by atoms with Crippen LogP contribution in [0.25, 0.3) is 17.4 Å². The van der Waals surface area contributed by atoms with E-state index in [1.807, 2.05) is 61.5 Å². The van der Waals surface area contributed by atoms with E-state index in [4.69, 9.17) is 9.15 Å². The van der Waals surface area contributed by atoms with Crippen molar-refractivity contribution < 1.29 is 9.15 Å². The van der Waals surface area contributed by atoms with Gasteiger partial charge in [-0.2, -0.15) is 0 Å². The van der Waals surface area contributed by atoms with Crippen LogP contribution in [-0.4, -0.2) is 0 Å². The zero-order chi connectivity index (χ0) is 15.4. The van der Waals surface area contributed by atoms with Crippen LogP contribution in [0.5, 0.6) is 5.75 Å². The fourth-order valence-corrected chi connectivity index (χ4v) is 2.31. The van der Waals surface area contributed by atoms with Crippen LogP contribution in [0.1, 0.15) is 16.9 Å². The van der Waals surface area contributed by atoms with Crippen LogP contribution in [0.3, 0.4) is 0 Å². The molecule has 0 atom stereocenters. The van der Waals surface area contributed by atoms with Crippen molar-refractivity contribution in [1.29, 1.82) is 0 Å². The van der Waals surface area contributed by atoms with Gasteiger partial charge in [0.1, 0.15) is 23.9 Å². The van der Waals surface area contributed by atoms with Crippen molar-refractivity contribution in [1.82, 2.24) is 0 Å². The summed E-state index contributed by atoms with van der Waals surface area (Å²) in [6, 6.07) is 20.0. The summed E-state index contributed by atoms with van der Waals surface area (Å²) in [7, 11) is 0. The minimum absolute atomic E-state index is 0.529. The molecule has 0 unspecified atom stereocenters. The first kappa shape index (κ1) is 14.2. The molecule has 0 amide bonds. The van der Waals surface area contributed by atoms with E-state index in [1.54, 1.807) is 0 Å². The summed E-state index contributed by atoms with van der Waals surface area (Å²) in [6.07, 6.45) is 1.82. The Kier molecular flexibility index (Phi) is 4.10. The summed E-state index contributed by atoms with van der Waals surface area (Å²) in [5, 5.41) is 0. The molecule has 0 aliphatic carbocycles. The summed E-state index contributed by atoms with van der Waals surface area (Å²) in [5.41, 5.74) is 3.12. The standard InChI is InChI=1S/C20H18O2/c1-3-16-10-12-19(21-14-17-7-5-4-6-8-17)18(13-16)20-11-9-15(2)22-20/h3-13H,1,14H2,2H3. The Morgan fingerprint density at radius 3 is 2.55 bits per heavy atom. The fourth-order valence-electron chi connectivity index (χ4n) is 2.31. The summed E-state index contributed by atoms with van der Waals surface area (Å²) >= 11 is 0. The molecule has 3 rings (SSSR count). The Balaban J connectivity index is 1.91. The second-order valence-corrected chi connectivity index (χ2v) is 5.14. The topological polar surface area (TPSA) is 22.4 Å². The number of hydrogen-bond acceptors (Lipinski definition) is 2. The second-order valence-electron chi connectivity index (χ2n) is 5.14. The first-order valence-corrected chi connectivity index (χ1v) is 7.26. The van der Waals surface area contributed by atoms with Crippen LogP contribution < -0.4 is 4.74 Å². The summed E-state index contributed by atoms with van der Waals surface area (Å²) in [6.45, 7) is 6.29. The third kappa shape index (κ3) is 3.12. The molecule has 0 fully saturated rings. The summed E-state index contributed by atoms with van der Waals surface area (Å²) in [4.78, 5) is 0. The molecule has 3 aromatic rings. The number of ether oxygens (including phenoxy) is 1. The minimum atomic E-state index is 0.529. The minimum Gasteiger partial charge on any atom is -0.488 e. The van der Waals surface area contributed by atoms with Crippen LogP contribution in [0.15, 0.2) is 71.7 Å². The van der Waals surface area contributed by atoms with E-state index in [2.05, 4.69) is 18.7 Å². The lowest BCUT2D eigenvalue weighted by Gasteiger charge is -2.11. The van der Waals surface area contributed by atoms with Crippen molar-refractivity contribution in [3.63, 3.8) is 0 Å². The molecule has 0 radical (unpaired) electrons. The Bertz CT molecular complexity index is 769. The normalized spacial score (nSPS) is 10.4. The molecular weight excluding hydrogens is 272 g/mol. The SMILES string of the molecule is C=Cc1ccc(OCc2ccccc2)c(-c2ccc(C)o2)c1. The van der Waals surface area contributed by atoms with Gasteiger partial charge in [0, 0.05) is 0 Å². The van der Waals surface area contributed by atoms with E-state index < -0.39 is 0 Å². The molecule has 2 heteroatoms. The fraction of sp³-hybridized carbons (Fsp3) is 0.100. The van der Waals surface area contributed by atoms with Gasteiger partial charge in [-0.15, -0.1) is 0 Å². The van der Waals surface area contributed by atoms with Gasteiger partial charge in [0.05, 0.1) is 5.56 Å².